The summed E-state index contributed by atoms with van der Waals surface area (Å²) in [6.07, 6.45) is 17.0. The quantitative estimate of drug-likeness (QED) is 0.547. The Labute approximate surface area is 177 Å². The van der Waals surface area contributed by atoms with Gasteiger partial charge in [0.25, 0.3) is 0 Å². The van der Waals surface area contributed by atoms with Crippen LogP contribution in [0.4, 0.5) is 0 Å². The van der Waals surface area contributed by atoms with Gasteiger partial charge in [-0.3, -0.25) is 4.79 Å². The number of hydrogen-bond acceptors (Lipinski definition) is 5. The van der Waals surface area contributed by atoms with Gasteiger partial charge in [-0.2, -0.15) is 0 Å². The van der Waals surface area contributed by atoms with Gasteiger partial charge in [0.2, 0.25) is 0 Å². The number of esters is 1. The van der Waals surface area contributed by atoms with Crippen LogP contribution in [-0.2, 0) is 33.2 Å². The van der Waals surface area contributed by atoms with E-state index in [-0.39, 0.29) is 29.6 Å². The maximum absolute atomic E-state index is 11.7. The first-order valence-corrected chi connectivity index (χ1v) is 8.42. The standard InChI is InChI=1S/C17H14NO4.C5H5.Fe/c1-20-14-8-6-12(7-9-14)16-10-15(22-18-16)11-21-17(19)13-4-2-3-5-13;1-2-4-5-3-1;/h2-10H,11H2,1H3;1-5H;/q;;+3. The van der Waals surface area contributed by atoms with Gasteiger partial charge >= 0.3 is 23.0 Å². The smallest absolute Gasteiger partial charge is 0.497 e. The molecule has 6 heteroatoms. The number of ether oxygens (including phenoxy) is 2. The van der Waals surface area contributed by atoms with Crippen LogP contribution in [0, 0.1) is 63.7 Å². The topological polar surface area (TPSA) is 61.6 Å². The predicted molar refractivity (Wildman–Crippen MR) is 100 cm³/mol. The van der Waals surface area contributed by atoms with E-state index in [2.05, 4.69) is 5.16 Å². The van der Waals surface area contributed by atoms with Crippen molar-refractivity contribution in [2.75, 3.05) is 7.11 Å². The van der Waals surface area contributed by atoms with Gasteiger partial charge in [-0.1, -0.05) is 5.16 Å². The first kappa shape index (κ1) is 22.5. The van der Waals surface area contributed by atoms with Gasteiger partial charge in [0.05, 0.1) is 13.0 Å². The number of carbonyl (C=O) groups excluding carboxylic acids is 1. The molecule has 1 aromatic heterocycles. The molecule has 0 amide bonds. The molecule has 5 nitrogen and oxygen atoms in total. The van der Waals surface area contributed by atoms with E-state index in [1.165, 1.54) is 0 Å². The van der Waals surface area contributed by atoms with Gasteiger partial charge in [0.1, 0.15) is 11.4 Å². The van der Waals surface area contributed by atoms with E-state index in [0.717, 1.165) is 11.3 Å². The third-order valence-corrected chi connectivity index (χ3v) is 3.74. The Morgan fingerprint density at radius 1 is 0.964 bits per heavy atom. The molecule has 2 aliphatic rings. The van der Waals surface area contributed by atoms with Crippen molar-refractivity contribution in [2.45, 2.75) is 6.61 Å². The third kappa shape index (κ3) is 6.68. The van der Waals surface area contributed by atoms with E-state index in [0.29, 0.717) is 17.4 Å². The molecule has 2 saturated carbocycles. The van der Waals surface area contributed by atoms with E-state index < -0.39 is 0 Å². The Morgan fingerprint density at radius 3 is 2.14 bits per heavy atom. The van der Waals surface area contributed by atoms with Crippen molar-refractivity contribution in [1.82, 2.24) is 5.16 Å². The molecule has 0 saturated heterocycles. The largest absolute Gasteiger partial charge is 3.00 e. The van der Waals surface area contributed by atoms with Crippen LogP contribution in [0.15, 0.2) is 34.9 Å². The summed E-state index contributed by atoms with van der Waals surface area (Å²) in [5.41, 5.74) is 1.58. The number of carbonyl (C=O) groups is 1. The van der Waals surface area contributed by atoms with Crippen molar-refractivity contribution in [3.8, 4) is 17.0 Å². The van der Waals surface area contributed by atoms with Crippen molar-refractivity contribution < 1.29 is 35.9 Å². The summed E-state index contributed by atoms with van der Waals surface area (Å²) < 4.78 is 15.5. The second-order valence-electron chi connectivity index (χ2n) is 5.62. The third-order valence-electron chi connectivity index (χ3n) is 3.74. The summed E-state index contributed by atoms with van der Waals surface area (Å²) in [4.78, 5) is 11.7. The number of hydrogen-bond donors (Lipinski definition) is 0. The minimum absolute atomic E-state index is 0. The second-order valence-corrected chi connectivity index (χ2v) is 5.62. The van der Waals surface area contributed by atoms with E-state index in [4.69, 9.17) is 14.0 Å². The Kier molecular flexibility index (Phi) is 9.59. The number of benzene rings is 1. The number of nitrogens with zero attached hydrogens (tertiary/aromatic N) is 1. The van der Waals surface area contributed by atoms with Gasteiger partial charge in [0.15, 0.2) is 12.4 Å². The number of methoxy groups -OCH3 is 1. The molecule has 0 atom stereocenters. The predicted octanol–water partition coefficient (Wildman–Crippen LogP) is 3.82. The second kappa shape index (κ2) is 11.9. The van der Waals surface area contributed by atoms with Crippen LogP contribution >= 0.6 is 0 Å². The molecule has 11 radical (unpaired) electrons. The minimum atomic E-state index is -0.382. The zero-order valence-electron chi connectivity index (χ0n) is 15.2. The molecule has 0 spiro atoms. The van der Waals surface area contributed by atoms with Crippen molar-refractivity contribution in [2.24, 2.45) is 0 Å². The average Bonchev–Trinajstić information content (AvgIpc) is 3.49. The normalized spacial score (nSPS) is 16.0. The molecule has 0 aliphatic heterocycles. The molecule has 2 fully saturated rings. The molecule has 2 aliphatic carbocycles. The van der Waals surface area contributed by atoms with Gasteiger partial charge < -0.3 is 14.0 Å². The maximum Gasteiger partial charge on any atom is 3.00 e. The first-order chi connectivity index (χ1) is 13.3. The van der Waals surface area contributed by atoms with Gasteiger partial charge in [-0.25, -0.2) is 0 Å². The summed E-state index contributed by atoms with van der Waals surface area (Å²) >= 11 is 0. The number of rotatable bonds is 5. The molecule has 28 heavy (non-hydrogen) atoms. The van der Waals surface area contributed by atoms with Gasteiger partial charge in [-0.15, -0.1) is 0 Å². The Balaban J connectivity index is 0.000000408. The molecular weight excluding hydrogens is 398 g/mol. The molecule has 2 aromatic rings. The molecule has 1 aromatic carbocycles. The van der Waals surface area contributed by atoms with E-state index in [1.807, 2.05) is 56.4 Å². The van der Waals surface area contributed by atoms with Crippen molar-refractivity contribution >= 4 is 5.97 Å². The summed E-state index contributed by atoms with van der Waals surface area (Å²) in [6, 6.07) is 9.21. The van der Waals surface area contributed by atoms with Gasteiger partial charge in [0, 0.05) is 11.6 Å². The molecule has 0 unspecified atom stereocenters. The molecular formula is C22H19FeNO4+3. The molecule has 0 bridgehead atoms. The van der Waals surface area contributed by atoms with Crippen LogP contribution in [-0.4, -0.2) is 18.2 Å². The van der Waals surface area contributed by atoms with Crippen LogP contribution in [0.3, 0.4) is 0 Å². The van der Waals surface area contributed by atoms with Gasteiger partial charge in [-0.05, 0) is 82.1 Å². The van der Waals surface area contributed by atoms with Crippen molar-refractivity contribution in [3.05, 3.63) is 99.8 Å². The molecule has 141 valence electrons. The van der Waals surface area contributed by atoms with Crippen LogP contribution in [0.2, 0.25) is 0 Å². The Hall–Kier alpha value is -1.78. The molecule has 0 N–H and O–H groups in total. The summed E-state index contributed by atoms with van der Waals surface area (Å²) in [5, 5.41) is 3.98. The zero-order chi connectivity index (χ0) is 18.9. The number of aromatic nitrogens is 1. The van der Waals surface area contributed by atoms with E-state index >= 15 is 0 Å². The molecule has 1 heterocycles. The summed E-state index contributed by atoms with van der Waals surface area (Å²) in [6.45, 7) is 0.0488. The SMILES string of the molecule is COc1ccc(-c2cc(COC(=O)[C]3[CH][CH][CH][CH]3)on2)cc1.[CH]1[CH][CH][CH][CH]1.[Fe+3]. The Morgan fingerprint density at radius 2 is 1.57 bits per heavy atom. The fourth-order valence-corrected chi connectivity index (χ4v) is 2.33. The molecule has 4 rings (SSSR count). The van der Waals surface area contributed by atoms with Crippen molar-refractivity contribution in [3.63, 3.8) is 0 Å². The minimum Gasteiger partial charge on any atom is -0.497 e. The first-order valence-electron chi connectivity index (χ1n) is 8.42. The van der Waals surface area contributed by atoms with Crippen LogP contribution in [0.25, 0.3) is 11.3 Å². The van der Waals surface area contributed by atoms with Crippen LogP contribution < -0.4 is 4.74 Å². The maximum atomic E-state index is 11.7. The summed E-state index contributed by atoms with van der Waals surface area (Å²) in [5.74, 6) is 1.41. The average molecular weight is 417 g/mol. The van der Waals surface area contributed by atoms with Crippen LogP contribution in [0.5, 0.6) is 5.75 Å². The fraction of sp³-hybridized carbons (Fsp3) is 0.0909. The van der Waals surface area contributed by atoms with Crippen molar-refractivity contribution in [1.29, 1.82) is 0 Å². The monoisotopic (exact) mass is 417 g/mol. The summed E-state index contributed by atoms with van der Waals surface area (Å²) in [7, 11) is 1.62. The fourth-order valence-electron chi connectivity index (χ4n) is 2.33. The van der Waals surface area contributed by atoms with E-state index in [9.17, 15) is 4.79 Å². The Bertz CT molecular complexity index is 696. The van der Waals surface area contributed by atoms with Crippen LogP contribution in [0.1, 0.15) is 5.76 Å². The van der Waals surface area contributed by atoms with E-state index in [1.54, 1.807) is 38.9 Å². The zero-order valence-corrected chi connectivity index (χ0v) is 16.3.